The molecule has 0 bridgehead atoms. The molecule has 2 rings (SSSR count). The van der Waals surface area contributed by atoms with Crippen LogP contribution in [0.4, 0.5) is 0 Å². The molecule has 0 saturated heterocycles. The fourth-order valence-electron chi connectivity index (χ4n) is 2.69. The summed E-state index contributed by atoms with van der Waals surface area (Å²) in [7, 11) is 0. The van der Waals surface area contributed by atoms with Gasteiger partial charge in [0.15, 0.2) is 0 Å². The smallest absolute Gasteiger partial charge is 0.0221 e. The molecule has 20 heavy (non-hydrogen) atoms. The Morgan fingerprint density at radius 2 is 0.900 bits per heavy atom. The van der Waals surface area contributed by atoms with E-state index in [0.29, 0.717) is 0 Å². The number of rotatable bonds is 4. The molecule has 0 heteroatoms. The van der Waals surface area contributed by atoms with Crippen molar-refractivity contribution in [3.63, 3.8) is 0 Å². The Kier molecular flexibility index (Phi) is 4.79. The van der Waals surface area contributed by atoms with Gasteiger partial charge in [-0.05, 0) is 49.0 Å². The van der Waals surface area contributed by atoms with Crippen LogP contribution in [0.25, 0.3) is 11.1 Å². The van der Waals surface area contributed by atoms with E-state index in [9.17, 15) is 0 Å². The molecular weight excluding hydrogens is 240 g/mol. The van der Waals surface area contributed by atoms with E-state index in [4.69, 9.17) is 0 Å². The van der Waals surface area contributed by atoms with E-state index in [1.54, 1.807) is 0 Å². The molecule has 0 aliphatic heterocycles. The molecule has 2 aromatic carbocycles. The van der Waals surface area contributed by atoms with Gasteiger partial charge >= 0.3 is 0 Å². The summed E-state index contributed by atoms with van der Waals surface area (Å²) in [5.74, 6) is 0. The van der Waals surface area contributed by atoms with E-state index in [-0.39, 0.29) is 0 Å². The zero-order valence-corrected chi connectivity index (χ0v) is 13.0. The van der Waals surface area contributed by atoms with Crippen LogP contribution in [0.2, 0.25) is 0 Å². The van der Waals surface area contributed by atoms with E-state index >= 15 is 0 Å². The molecular formula is C20H24. The largest absolute Gasteiger partial charge is 0.0613 e. The predicted molar refractivity (Wildman–Crippen MR) is 89.8 cm³/mol. The third kappa shape index (κ3) is 3.19. The Balaban J connectivity index is 2.52. The van der Waals surface area contributed by atoms with Crippen molar-refractivity contribution in [2.45, 2.75) is 40.5 Å². The van der Waals surface area contributed by atoms with Crippen molar-refractivity contribution in [3.05, 3.63) is 70.8 Å². The van der Waals surface area contributed by atoms with Crippen LogP contribution in [0, 0.1) is 13.8 Å². The maximum atomic E-state index is 2.25. The van der Waals surface area contributed by atoms with Gasteiger partial charge in [0.1, 0.15) is 0 Å². The van der Waals surface area contributed by atoms with E-state index < -0.39 is 0 Å². The minimum absolute atomic E-state index is 1.07. The lowest BCUT2D eigenvalue weighted by Crippen LogP contribution is -1.92. The Morgan fingerprint density at radius 1 is 0.600 bits per heavy atom. The maximum Gasteiger partial charge on any atom is -0.0221 e. The molecule has 0 aliphatic carbocycles. The van der Waals surface area contributed by atoms with Gasteiger partial charge in [0.05, 0.1) is 0 Å². The van der Waals surface area contributed by atoms with Crippen LogP contribution >= 0.6 is 0 Å². The first-order valence-electron chi connectivity index (χ1n) is 7.51. The molecule has 0 fully saturated rings. The average molecular weight is 264 g/mol. The van der Waals surface area contributed by atoms with Crippen molar-refractivity contribution >= 4 is 11.1 Å². The first-order valence-corrected chi connectivity index (χ1v) is 7.51. The van der Waals surface area contributed by atoms with Gasteiger partial charge in [0, 0.05) is 0 Å². The molecule has 0 amide bonds. The molecule has 104 valence electrons. The van der Waals surface area contributed by atoms with Crippen LogP contribution in [-0.4, -0.2) is 0 Å². The van der Waals surface area contributed by atoms with Crippen LogP contribution in [0.15, 0.2) is 48.5 Å². The van der Waals surface area contributed by atoms with Gasteiger partial charge in [-0.25, -0.2) is 0 Å². The summed E-state index contributed by atoms with van der Waals surface area (Å²) in [5, 5.41) is 0. The lowest BCUT2D eigenvalue weighted by molar-refractivity contribution is 1.18. The highest BCUT2D eigenvalue weighted by molar-refractivity contribution is 5.90. The summed E-state index contributed by atoms with van der Waals surface area (Å²) in [6, 6.07) is 17.8. The predicted octanol–water partition coefficient (Wildman–Crippen LogP) is 6.03. The molecule has 0 spiro atoms. The normalized spacial score (nSPS) is 12.2. The molecule has 0 aromatic heterocycles. The summed E-state index contributed by atoms with van der Waals surface area (Å²) < 4.78 is 0. The Hall–Kier alpha value is -1.82. The zero-order valence-electron chi connectivity index (χ0n) is 13.0. The highest BCUT2D eigenvalue weighted by atomic mass is 14.1. The second kappa shape index (κ2) is 6.56. The van der Waals surface area contributed by atoms with Crippen LogP contribution in [0.5, 0.6) is 0 Å². The fourth-order valence-corrected chi connectivity index (χ4v) is 2.69. The first-order chi connectivity index (χ1) is 9.65. The molecule has 0 atom stereocenters. The molecule has 2 aromatic rings. The van der Waals surface area contributed by atoms with Gasteiger partial charge in [-0.15, -0.1) is 0 Å². The summed E-state index contributed by atoms with van der Waals surface area (Å²) in [4.78, 5) is 0. The second-order valence-electron chi connectivity index (χ2n) is 5.40. The van der Waals surface area contributed by atoms with Gasteiger partial charge in [0.2, 0.25) is 0 Å². The molecule has 0 N–H and O–H groups in total. The lowest BCUT2D eigenvalue weighted by Gasteiger charge is -2.14. The van der Waals surface area contributed by atoms with Gasteiger partial charge in [-0.1, -0.05) is 73.5 Å². The van der Waals surface area contributed by atoms with Crippen LogP contribution in [0.1, 0.15) is 48.9 Å². The summed E-state index contributed by atoms with van der Waals surface area (Å²) in [6.45, 7) is 8.78. The van der Waals surface area contributed by atoms with E-state index in [1.165, 1.54) is 33.4 Å². The molecule has 0 heterocycles. The summed E-state index contributed by atoms with van der Waals surface area (Å²) in [6.07, 6.45) is 2.14. The topological polar surface area (TPSA) is 0 Å². The quantitative estimate of drug-likeness (QED) is 0.591. The van der Waals surface area contributed by atoms with E-state index in [0.717, 1.165) is 12.8 Å². The number of hydrogen-bond donors (Lipinski definition) is 0. The van der Waals surface area contributed by atoms with Crippen LogP contribution in [-0.2, 0) is 0 Å². The third-order valence-electron chi connectivity index (χ3n) is 3.87. The molecule has 0 aliphatic rings. The van der Waals surface area contributed by atoms with Gasteiger partial charge in [-0.2, -0.15) is 0 Å². The van der Waals surface area contributed by atoms with Gasteiger partial charge in [-0.3, -0.25) is 0 Å². The summed E-state index contributed by atoms with van der Waals surface area (Å²) >= 11 is 0. The SMILES string of the molecule is CC/C(=C(/CC)c1ccc(C)cc1)c1ccc(C)cc1. The Labute approximate surface area is 123 Å². The van der Waals surface area contributed by atoms with Crippen molar-refractivity contribution in [1.82, 2.24) is 0 Å². The molecule has 0 unspecified atom stereocenters. The minimum Gasteiger partial charge on any atom is -0.0613 e. The van der Waals surface area contributed by atoms with Crippen molar-refractivity contribution in [2.75, 3.05) is 0 Å². The van der Waals surface area contributed by atoms with Crippen LogP contribution in [0.3, 0.4) is 0 Å². The van der Waals surface area contributed by atoms with Gasteiger partial charge in [0.25, 0.3) is 0 Å². The molecule has 0 radical (unpaired) electrons. The van der Waals surface area contributed by atoms with Crippen molar-refractivity contribution < 1.29 is 0 Å². The monoisotopic (exact) mass is 264 g/mol. The average Bonchev–Trinajstić information content (AvgIpc) is 2.47. The second-order valence-corrected chi connectivity index (χ2v) is 5.40. The van der Waals surface area contributed by atoms with Crippen LogP contribution < -0.4 is 0 Å². The first kappa shape index (κ1) is 14.6. The maximum absolute atomic E-state index is 2.25. The van der Waals surface area contributed by atoms with E-state index in [1.807, 2.05) is 0 Å². The molecule has 0 nitrogen and oxygen atoms in total. The highest BCUT2D eigenvalue weighted by Gasteiger charge is 2.08. The Morgan fingerprint density at radius 3 is 1.15 bits per heavy atom. The Bertz CT molecular complexity index is 527. The van der Waals surface area contributed by atoms with Crippen molar-refractivity contribution in [2.24, 2.45) is 0 Å². The number of aryl methyl sites for hydroxylation is 2. The number of benzene rings is 2. The highest BCUT2D eigenvalue weighted by Crippen LogP contribution is 2.31. The van der Waals surface area contributed by atoms with Gasteiger partial charge < -0.3 is 0 Å². The van der Waals surface area contributed by atoms with Crippen molar-refractivity contribution in [1.29, 1.82) is 0 Å². The standard InChI is InChI=1S/C20H24/c1-5-19(17-11-7-15(3)8-12-17)20(6-2)18-13-9-16(4)10-14-18/h7-14H,5-6H2,1-4H3/b20-19+. The zero-order chi connectivity index (χ0) is 14.5. The third-order valence-corrected chi connectivity index (χ3v) is 3.87. The molecule has 0 saturated carbocycles. The summed E-state index contributed by atoms with van der Waals surface area (Å²) in [5.41, 5.74) is 8.29. The minimum atomic E-state index is 1.07. The fraction of sp³-hybridized carbons (Fsp3) is 0.300. The number of allylic oxidation sites excluding steroid dienone is 2. The lowest BCUT2D eigenvalue weighted by atomic mass is 9.90. The number of hydrogen-bond acceptors (Lipinski definition) is 0. The van der Waals surface area contributed by atoms with E-state index in [2.05, 4.69) is 76.2 Å². The van der Waals surface area contributed by atoms with Crippen molar-refractivity contribution in [3.8, 4) is 0 Å².